The van der Waals surface area contributed by atoms with Gasteiger partial charge >= 0.3 is 5.97 Å². The topological polar surface area (TPSA) is 61.8 Å². The number of hydrogen-bond donors (Lipinski definition) is 0. The van der Waals surface area contributed by atoms with Crippen molar-refractivity contribution in [3.05, 3.63) is 106 Å². The van der Waals surface area contributed by atoms with E-state index >= 15 is 0 Å². The number of esters is 1. The largest absolute Gasteiger partial charge is 0.493 e. The zero-order valence-corrected chi connectivity index (χ0v) is 20.7. The first-order chi connectivity index (χ1) is 17.6. The van der Waals surface area contributed by atoms with Crippen LogP contribution in [-0.2, 0) is 16.0 Å². The molecule has 0 saturated carbocycles. The predicted octanol–water partition coefficient (Wildman–Crippen LogP) is 5.93. The van der Waals surface area contributed by atoms with E-state index in [0.717, 1.165) is 33.4 Å². The maximum absolute atomic E-state index is 14.2. The monoisotopic (exact) mass is 480 g/mol. The van der Waals surface area contributed by atoms with E-state index < -0.39 is 0 Å². The van der Waals surface area contributed by atoms with E-state index in [0.29, 0.717) is 35.5 Å². The first kappa shape index (κ1) is 23.6. The highest BCUT2D eigenvalue weighted by Crippen LogP contribution is 2.50. The number of methoxy groups -OCH3 is 2. The smallest absolute Gasteiger partial charge is 0.334 e. The molecule has 0 fully saturated rings. The van der Waals surface area contributed by atoms with E-state index in [2.05, 4.69) is 0 Å². The second-order valence-corrected chi connectivity index (χ2v) is 8.89. The maximum atomic E-state index is 14.2. The molecule has 2 aliphatic carbocycles. The number of ketones is 1. The molecule has 36 heavy (non-hydrogen) atoms. The molecule has 0 aromatic heterocycles. The van der Waals surface area contributed by atoms with Crippen molar-refractivity contribution in [2.45, 2.75) is 19.8 Å². The van der Waals surface area contributed by atoms with Crippen molar-refractivity contribution in [1.29, 1.82) is 0 Å². The Morgan fingerprint density at radius 3 is 2.00 bits per heavy atom. The highest BCUT2D eigenvalue weighted by Gasteiger charge is 2.41. The lowest BCUT2D eigenvalue weighted by Crippen LogP contribution is -2.30. The zero-order chi connectivity index (χ0) is 25.2. The number of ether oxygens (including phenoxy) is 3. The van der Waals surface area contributed by atoms with Gasteiger partial charge in [-0.25, -0.2) is 4.79 Å². The molecular weight excluding hydrogens is 452 g/mol. The number of hydrogen-bond acceptors (Lipinski definition) is 5. The van der Waals surface area contributed by atoms with E-state index in [1.807, 2.05) is 73.7 Å². The minimum absolute atomic E-state index is 0.0441. The minimum atomic E-state index is -0.339. The fourth-order valence-corrected chi connectivity index (χ4v) is 5.36. The molecule has 5 rings (SSSR count). The number of benzene rings is 3. The van der Waals surface area contributed by atoms with Crippen molar-refractivity contribution in [3.8, 4) is 11.5 Å². The third-order valence-electron chi connectivity index (χ3n) is 6.89. The van der Waals surface area contributed by atoms with Gasteiger partial charge in [-0.2, -0.15) is 0 Å². The molecule has 5 nitrogen and oxygen atoms in total. The number of Topliss-reactive ketones (excluding diaryl/α,β-unsaturated/α-hetero) is 1. The first-order valence-electron chi connectivity index (χ1n) is 12.1. The Labute approximate surface area is 211 Å². The Morgan fingerprint density at radius 1 is 0.833 bits per heavy atom. The lowest BCUT2D eigenvalue weighted by atomic mass is 9.67. The van der Waals surface area contributed by atoms with Crippen LogP contribution in [0.25, 0.3) is 11.1 Å². The number of fused-ring (bicyclic) bond motifs is 2. The Morgan fingerprint density at radius 2 is 1.42 bits per heavy atom. The lowest BCUT2D eigenvalue weighted by Gasteiger charge is -2.35. The lowest BCUT2D eigenvalue weighted by molar-refractivity contribution is -0.138. The normalized spacial score (nSPS) is 16.9. The van der Waals surface area contributed by atoms with Crippen LogP contribution in [0.5, 0.6) is 11.5 Å². The Hall–Kier alpha value is -4.12. The standard InChI is InChI=1S/C31H28O5/c1-4-36-31(33)24-16-22-15-21-17-25(34-2)26(35-3)18-23(21)30(32)29(22)28(20-13-9-6-10-14-20)27(24)19-11-7-5-8-12-19/h5-14,17-18,22H,4,15-16H2,1-3H3. The van der Waals surface area contributed by atoms with Gasteiger partial charge in [0.25, 0.3) is 0 Å². The molecule has 5 heteroatoms. The van der Waals surface area contributed by atoms with Crippen LogP contribution < -0.4 is 9.47 Å². The highest BCUT2D eigenvalue weighted by molar-refractivity contribution is 6.26. The van der Waals surface area contributed by atoms with Crippen LogP contribution in [-0.4, -0.2) is 32.6 Å². The third-order valence-corrected chi connectivity index (χ3v) is 6.89. The van der Waals surface area contributed by atoms with Crippen LogP contribution in [0.1, 0.15) is 40.4 Å². The Balaban J connectivity index is 1.82. The van der Waals surface area contributed by atoms with Gasteiger partial charge in [-0.3, -0.25) is 4.79 Å². The van der Waals surface area contributed by atoms with Crippen LogP contribution in [0.3, 0.4) is 0 Å². The SMILES string of the molecule is CCOC(=O)C1=C(c2ccccc2)C(c2ccccc2)=C2C(=O)c3cc(OC)c(OC)cc3CC2C1. The summed E-state index contributed by atoms with van der Waals surface area (Å²) in [5, 5.41) is 0. The van der Waals surface area contributed by atoms with Crippen LogP contribution in [0, 0.1) is 5.92 Å². The summed E-state index contributed by atoms with van der Waals surface area (Å²) in [6.45, 7) is 2.09. The van der Waals surface area contributed by atoms with Gasteiger partial charge in [0.15, 0.2) is 17.3 Å². The quantitative estimate of drug-likeness (QED) is 0.409. The molecule has 0 N–H and O–H groups in total. The molecule has 1 atom stereocenters. The summed E-state index contributed by atoms with van der Waals surface area (Å²) in [5.74, 6) is 0.561. The molecule has 0 bridgehead atoms. The number of carbonyl (C=O) groups excluding carboxylic acids is 2. The first-order valence-corrected chi connectivity index (χ1v) is 12.1. The van der Waals surface area contributed by atoms with E-state index in [-0.39, 0.29) is 24.3 Å². The summed E-state index contributed by atoms with van der Waals surface area (Å²) in [7, 11) is 3.15. The molecule has 3 aromatic carbocycles. The van der Waals surface area contributed by atoms with Gasteiger partial charge in [0.2, 0.25) is 0 Å². The summed E-state index contributed by atoms with van der Waals surface area (Å²) in [4.78, 5) is 27.5. The van der Waals surface area contributed by atoms with E-state index in [1.54, 1.807) is 20.3 Å². The molecule has 3 aromatic rings. The fraction of sp³-hybridized carbons (Fsp3) is 0.226. The van der Waals surface area contributed by atoms with Crippen LogP contribution in [0.2, 0.25) is 0 Å². The van der Waals surface area contributed by atoms with Crippen LogP contribution in [0.4, 0.5) is 0 Å². The molecular formula is C31H28O5. The predicted molar refractivity (Wildman–Crippen MR) is 139 cm³/mol. The summed E-state index contributed by atoms with van der Waals surface area (Å²) >= 11 is 0. The van der Waals surface area contributed by atoms with Crippen molar-refractivity contribution in [2.75, 3.05) is 20.8 Å². The maximum Gasteiger partial charge on any atom is 0.334 e. The number of rotatable bonds is 6. The Kier molecular flexibility index (Phi) is 6.47. The average molecular weight is 481 g/mol. The number of allylic oxidation sites excluding steroid dienone is 3. The van der Waals surface area contributed by atoms with E-state index in [1.165, 1.54) is 0 Å². The second kappa shape index (κ2) is 9.86. The van der Waals surface area contributed by atoms with Crippen LogP contribution >= 0.6 is 0 Å². The van der Waals surface area contributed by atoms with E-state index in [9.17, 15) is 9.59 Å². The summed E-state index contributed by atoms with van der Waals surface area (Å²) in [6.07, 6.45) is 1.03. The molecule has 182 valence electrons. The molecule has 0 radical (unpaired) electrons. The zero-order valence-electron chi connectivity index (χ0n) is 20.7. The molecule has 1 unspecified atom stereocenters. The van der Waals surface area contributed by atoms with Crippen molar-refractivity contribution in [3.63, 3.8) is 0 Å². The molecule has 0 amide bonds. The van der Waals surface area contributed by atoms with Gasteiger partial charge in [0, 0.05) is 22.3 Å². The van der Waals surface area contributed by atoms with Crippen molar-refractivity contribution >= 4 is 22.9 Å². The van der Waals surface area contributed by atoms with Gasteiger partial charge in [-0.1, -0.05) is 60.7 Å². The number of carbonyl (C=O) groups is 2. The average Bonchev–Trinajstić information content (AvgIpc) is 2.92. The van der Waals surface area contributed by atoms with Crippen molar-refractivity contribution in [1.82, 2.24) is 0 Å². The van der Waals surface area contributed by atoms with Crippen molar-refractivity contribution in [2.24, 2.45) is 5.92 Å². The molecule has 0 spiro atoms. The van der Waals surface area contributed by atoms with Crippen LogP contribution in [0.15, 0.2) is 83.9 Å². The van der Waals surface area contributed by atoms with Crippen molar-refractivity contribution < 1.29 is 23.8 Å². The summed E-state index contributed by atoms with van der Waals surface area (Å²) in [6, 6.07) is 23.3. The summed E-state index contributed by atoms with van der Waals surface area (Å²) < 4.78 is 16.5. The van der Waals surface area contributed by atoms with E-state index in [4.69, 9.17) is 14.2 Å². The molecule has 0 aliphatic heterocycles. The molecule has 0 heterocycles. The van der Waals surface area contributed by atoms with Gasteiger partial charge in [0.05, 0.1) is 20.8 Å². The third kappa shape index (κ3) is 4.01. The second-order valence-electron chi connectivity index (χ2n) is 8.89. The highest BCUT2D eigenvalue weighted by atomic mass is 16.5. The van der Waals surface area contributed by atoms with Gasteiger partial charge in [-0.15, -0.1) is 0 Å². The van der Waals surface area contributed by atoms with Gasteiger partial charge in [-0.05, 0) is 60.1 Å². The fourth-order valence-electron chi connectivity index (χ4n) is 5.36. The Bertz CT molecular complexity index is 1380. The summed E-state index contributed by atoms with van der Waals surface area (Å²) in [5.41, 5.74) is 6.19. The minimum Gasteiger partial charge on any atom is -0.493 e. The van der Waals surface area contributed by atoms with Gasteiger partial charge in [0.1, 0.15) is 0 Å². The van der Waals surface area contributed by atoms with Gasteiger partial charge < -0.3 is 14.2 Å². The molecule has 2 aliphatic rings. The molecule has 0 saturated heterocycles.